The molecule has 0 radical (unpaired) electrons. The van der Waals surface area contributed by atoms with E-state index >= 15 is 0 Å². The van der Waals surface area contributed by atoms with Crippen LogP contribution in [0.4, 0.5) is 0 Å². The first kappa shape index (κ1) is 23.9. The molecule has 7 heteroatoms. The van der Waals surface area contributed by atoms with Gasteiger partial charge in [0.25, 0.3) is 0 Å². The van der Waals surface area contributed by atoms with Crippen molar-refractivity contribution >= 4 is 15.9 Å². The molecule has 33 heavy (non-hydrogen) atoms. The maximum atomic E-state index is 13.5. The second-order valence-electron chi connectivity index (χ2n) is 9.52. The zero-order valence-electron chi connectivity index (χ0n) is 19.9. The van der Waals surface area contributed by atoms with E-state index in [9.17, 15) is 13.2 Å². The molecule has 2 aliphatic rings. The number of hydrogen-bond acceptors (Lipinski definition) is 4. The highest BCUT2D eigenvalue weighted by Crippen LogP contribution is 2.30. The molecule has 1 amide bonds. The van der Waals surface area contributed by atoms with Gasteiger partial charge in [0.2, 0.25) is 15.9 Å². The molecule has 1 N–H and O–H groups in total. The Hall–Kier alpha value is -2.22. The van der Waals surface area contributed by atoms with Gasteiger partial charge in [-0.25, -0.2) is 8.42 Å². The third-order valence-corrected chi connectivity index (χ3v) is 8.99. The predicted molar refractivity (Wildman–Crippen MR) is 130 cm³/mol. The molecule has 4 rings (SSSR count). The number of hydrogen-bond donors (Lipinski definition) is 1. The molecule has 2 aromatic carbocycles. The number of nitrogens with zero attached hydrogens (tertiary/aromatic N) is 2. The Kier molecular flexibility index (Phi) is 7.22. The lowest BCUT2D eigenvalue weighted by atomic mass is 10.1. The molecule has 2 aromatic rings. The van der Waals surface area contributed by atoms with Crippen LogP contribution >= 0.6 is 0 Å². The average molecular weight is 470 g/mol. The fourth-order valence-corrected chi connectivity index (χ4v) is 7.32. The van der Waals surface area contributed by atoms with Gasteiger partial charge in [-0.15, -0.1) is 0 Å². The highest BCUT2D eigenvalue weighted by molar-refractivity contribution is 7.89. The number of likely N-dealkylation sites (tertiary alicyclic amines) is 1. The molecule has 178 valence electrons. The highest BCUT2D eigenvalue weighted by Gasteiger charge is 2.40. The number of rotatable bonds is 7. The molecule has 0 saturated carbocycles. The molecule has 0 aromatic heterocycles. The molecular formula is C26H35N3O3S. The van der Waals surface area contributed by atoms with Crippen molar-refractivity contribution < 1.29 is 13.2 Å². The zero-order chi connectivity index (χ0) is 23.6. The van der Waals surface area contributed by atoms with Gasteiger partial charge in [-0.2, -0.15) is 4.31 Å². The zero-order valence-corrected chi connectivity index (χ0v) is 20.7. The van der Waals surface area contributed by atoms with Gasteiger partial charge >= 0.3 is 0 Å². The second kappa shape index (κ2) is 9.95. The van der Waals surface area contributed by atoms with Crippen molar-refractivity contribution in [3.63, 3.8) is 0 Å². The minimum Gasteiger partial charge on any atom is -0.351 e. The predicted octanol–water partition coefficient (Wildman–Crippen LogP) is 3.68. The van der Waals surface area contributed by atoms with Crippen molar-refractivity contribution in [2.45, 2.75) is 70.5 Å². The Morgan fingerprint density at radius 2 is 1.55 bits per heavy atom. The summed E-state index contributed by atoms with van der Waals surface area (Å²) in [5.41, 5.74) is 4.79. The summed E-state index contributed by atoms with van der Waals surface area (Å²) in [7, 11) is -3.74. The molecule has 1 atom stereocenters. The fraction of sp³-hybridized carbons (Fsp3) is 0.500. The molecular weight excluding hydrogens is 434 g/mol. The van der Waals surface area contributed by atoms with Crippen LogP contribution in [0.15, 0.2) is 41.3 Å². The van der Waals surface area contributed by atoms with E-state index in [0.29, 0.717) is 30.8 Å². The molecule has 0 spiro atoms. The molecule has 0 aliphatic carbocycles. The summed E-state index contributed by atoms with van der Waals surface area (Å²) < 4.78 is 28.4. The van der Waals surface area contributed by atoms with Crippen LogP contribution in [0.25, 0.3) is 0 Å². The SMILES string of the molecule is Cc1cc(C)c(S(=O)(=O)N2CCCC2C(=O)NCc2ccc(CN3CCCC3)cc2)c(C)c1. The molecule has 0 bridgehead atoms. The Labute approximate surface area is 198 Å². The Morgan fingerprint density at radius 1 is 0.939 bits per heavy atom. The largest absolute Gasteiger partial charge is 0.351 e. The van der Waals surface area contributed by atoms with Crippen molar-refractivity contribution in [2.24, 2.45) is 0 Å². The van der Waals surface area contributed by atoms with Crippen molar-refractivity contribution in [3.8, 4) is 0 Å². The van der Waals surface area contributed by atoms with E-state index in [0.717, 1.165) is 28.8 Å². The number of nitrogens with one attached hydrogen (secondary N) is 1. The van der Waals surface area contributed by atoms with Crippen LogP contribution in [0.1, 0.15) is 53.5 Å². The highest BCUT2D eigenvalue weighted by atomic mass is 32.2. The quantitative estimate of drug-likeness (QED) is 0.672. The van der Waals surface area contributed by atoms with Crippen LogP contribution in [0.2, 0.25) is 0 Å². The Bertz CT molecular complexity index is 1080. The summed E-state index contributed by atoms with van der Waals surface area (Å²) in [6, 6.07) is 11.5. The summed E-state index contributed by atoms with van der Waals surface area (Å²) in [5.74, 6) is -0.223. The van der Waals surface area contributed by atoms with Crippen LogP contribution in [-0.4, -0.2) is 49.2 Å². The van der Waals surface area contributed by atoms with Gasteiger partial charge in [0.05, 0.1) is 4.90 Å². The van der Waals surface area contributed by atoms with E-state index < -0.39 is 16.1 Å². The lowest BCUT2D eigenvalue weighted by molar-refractivity contribution is -0.124. The number of sulfonamides is 1. The average Bonchev–Trinajstić information content (AvgIpc) is 3.44. The lowest BCUT2D eigenvalue weighted by Gasteiger charge is -2.25. The van der Waals surface area contributed by atoms with Crippen LogP contribution in [0.5, 0.6) is 0 Å². The van der Waals surface area contributed by atoms with Gasteiger partial charge in [0.1, 0.15) is 6.04 Å². The normalized spacial score (nSPS) is 19.8. The lowest BCUT2D eigenvalue weighted by Crippen LogP contribution is -2.45. The van der Waals surface area contributed by atoms with Gasteiger partial charge in [0.15, 0.2) is 0 Å². The van der Waals surface area contributed by atoms with Crippen molar-refractivity contribution in [2.75, 3.05) is 19.6 Å². The van der Waals surface area contributed by atoms with Crippen LogP contribution in [0.3, 0.4) is 0 Å². The molecule has 2 heterocycles. The number of amides is 1. The topological polar surface area (TPSA) is 69.7 Å². The molecule has 1 unspecified atom stereocenters. The maximum Gasteiger partial charge on any atom is 0.244 e. The monoisotopic (exact) mass is 469 g/mol. The van der Waals surface area contributed by atoms with E-state index in [1.807, 2.05) is 45.0 Å². The third kappa shape index (κ3) is 5.31. The molecule has 2 saturated heterocycles. The number of carbonyl (C=O) groups excluding carboxylic acids is 1. The standard InChI is InChI=1S/C26H35N3O3S/c1-19-15-20(2)25(21(3)16-19)33(31,32)29-14-6-7-24(29)26(30)27-17-22-8-10-23(11-9-22)18-28-12-4-5-13-28/h8-11,15-16,24H,4-7,12-14,17-18H2,1-3H3,(H,27,30). The van der Waals surface area contributed by atoms with Gasteiger partial charge < -0.3 is 5.32 Å². The minimum absolute atomic E-state index is 0.223. The van der Waals surface area contributed by atoms with E-state index in [1.54, 1.807) is 0 Å². The summed E-state index contributed by atoms with van der Waals surface area (Å²) in [6.45, 7) is 9.69. The second-order valence-corrected chi connectivity index (χ2v) is 11.3. The smallest absolute Gasteiger partial charge is 0.244 e. The first-order valence-electron chi connectivity index (χ1n) is 11.9. The summed E-state index contributed by atoms with van der Waals surface area (Å²) >= 11 is 0. The van der Waals surface area contributed by atoms with Crippen LogP contribution in [-0.2, 0) is 27.9 Å². The van der Waals surface area contributed by atoms with E-state index in [2.05, 4.69) is 22.3 Å². The van der Waals surface area contributed by atoms with Crippen molar-refractivity contribution in [1.29, 1.82) is 0 Å². The van der Waals surface area contributed by atoms with E-state index in [-0.39, 0.29) is 5.91 Å². The Balaban J connectivity index is 1.41. The van der Waals surface area contributed by atoms with E-state index in [1.165, 1.54) is 35.8 Å². The van der Waals surface area contributed by atoms with Gasteiger partial charge in [-0.3, -0.25) is 9.69 Å². The van der Waals surface area contributed by atoms with Gasteiger partial charge in [0, 0.05) is 19.6 Å². The third-order valence-electron chi connectivity index (χ3n) is 6.77. The number of aryl methyl sites for hydroxylation is 3. The van der Waals surface area contributed by atoms with Crippen molar-refractivity contribution in [3.05, 3.63) is 64.2 Å². The van der Waals surface area contributed by atoms with Crippen LogP contribution < -0.4 is 5.32 Å². The number of carbonyl (C=O) groups is 1. The fourth-order valence-electron chi connectivity index (χ4n) is 5.25. The van der Waals surface area contributed by atoms with Gasteiger partial charge in [-0.05, 0) is 81.8 Å². The van der Waals surface area contributed by atoms with Crippen molar-refractivity contribution in [1.82, 2.24) is 14.5 Å². The molecule has 2 aliphatic heterocycles. The summed E-state index contributed by atoms with van der Waals surface area (Å²) in [4.78, 5) is 15.8. The first-order chi connectivity index (χ1) is 15.8. The summed E-state index contributed by atoms with van der Waals surface area (Å²) in [6.07, 6.45) is 3.79. The van der Waals surface area contributed by atoms with E-state index in [4.69, 9.17) is 0 Å². The van der Waals surface area contributed by atoms with Gasteiger partial charge in [-0.1, -0.05) is 42.0 Å². The molecule has 2 fully saturated rings. The van der Waals surface area contributed by atoms with Crippen LogP contribution in [0, 0.1) is 20.8 Å². The minimum atomic E-state index is -3.74. The number of benzene rings is 2. The maximum absolute atomic E-state index is 13.5. The summed E-state index contributed by atoms with van der Waals surface area (Å²) in [5, 5.41) is 2.97. The first-order valence-corrected chi connectivity index (χ1v) is 13.4. The Morgan fingerprint density at radius 3 is 2.18 bits per heavy atom. The molecule has 6 nitrogen and oxygen atoms in total.